The van der Waals surface area contributed by atoms with Gasteiger partial charge in [-0.2, -0.15) is 0 Å². The lowest BCUT2D eigenvalue weighted by molar-refractivity contribution is -0.150. The Morgan fingerprint density at radius 2 is 1.75 bits per heavy atom. The summed E-state index contributed by atoms with van der Waals surface area (Å²) in [5.41, 5.74) is 0.742. The van der Waals surface area contributed by atoms with Gasteiger partial charge in [-0.25, -0.2) is 0 Å². The number of rotatable bonds is 3. The van der Waals surface area contributed by atoms with Crippen molar-refractivity contribution in [2.75, 3.05) is 31.1 Å². The molecule has 0 aliphatic carbocycles. The van der Waals surface area contributed by atoms with Crippen LogP contribution in [0.1, 0.15) is 6.92 Å². The Hall–Kier alpha value is -2.24. The van der Waals surface area contributed by atoms with Gasteiger partial charge in [-0.1, -0.05) is 12.1 Å². The van der Waals surface area contributed by atoms with E-state index in [0.717, 1.165) is 5.69 Å². The summed E-state index contributed by atoms with van der Waals surface area (Å²) in [6.45, 7) is 3.49. The molecule has 2 N–H and O–H groups in total. The van der Waals surface area contributed by atoms with Gasteiger partial charge in [-0.15, -0.1) is 0 Å². The minimum atomic E-state index is -1.10. The second-order valence-corrected chi connectivity index (χ2v) is 4.86. The van der Waals surface area contributed by atoms with Crippen LogP contribution in [0.25, 0.3) is 0 Å². The van der Waals surface area contributed by atoms with Crippen molar-refractivity contribution in [3.8, 4) is 5.75 Å². The second-order valence-electron chi connectivity index (χ2n) is 4.86. The van der Waals surface area contributed by atoms with Crippen LogP contribution in [0.15, 0.2) is 24.3 Å². The maximum atomic E-state index is 11.9. The van der Waals surface area contributed by atoms with Crippen LogP contribution in [0.3, 0.4) is 0 Å². The van der Waals surface area contributed by atoms with Crippen LogP contribution >= 0.6 is 0 Å². The average Bonchev–Trinajstić information content (AvgIpc) is 2.46. The molecule has 1 aromatic rings. The first-order valence-electron chi connectivity index (χ1n) is 6.55. The number of piperazine rings is 1. The third kappa shape index (κ3) is 2.84. The number of anilines is 1. The average molecular weight is 278 g/mol. The summed E-state index contributed by atoms with van der Waals surface area (Å²) in [5, 5.41) is 18.7. The van der Waals surface area contributed by atoms with E-state index in [9.17, 15) is 14.7 Å². The van der Waals surface area contributed by atoms with E-state index in [1.165, 1.54) is 6.92 Å². The molecule has 6 heteroatoms. The van der Waals surface area contributed by atoms with Crippen molar-refractivity contribution in [1.29, 1.82) is 0 Å². The first-order valence-corrected chi connectivity index (χ1v) is 6.55. The van der Waals surface area contributed by atoms with E-state index < -0.39 is 11.9 Å². The number of phenolic OH excluding ortho intramolecular Hbond substituents is 1. The van der Waals surface area contributed by atoms with Gasteiger partial charge in [0.2, 0.25) is 5.91 Å². The summed E-state index contributed by atoms with van der Waals surface area (Å²) in [6.07, 6.45) is 0. The van der Waals surface area contributed by atoms with Crippen LogP contribution in [0, 0.1) is 5.92 Å². The Bertz CT molecular complexity index is 510. The molecule has 2 rings (SSSR count). The van der Waals surface area contributed by atoms with Crippen molar-refractivity contribution in [3.63, 3.8) is 0 Å². The lowest BCUT2D eigenvalue weighted by atomic mass is 10.1. The molecule has 0 aromatic heterocycles. The number of carboxylic acid groups (broad SMARTS) is 1. The highest BCUT2D eigenvalue weighted by atomic mass is 16.4. The fourth-order valence-electron chi connectivity index (χ4n) is 2.28. The Labute approximate surface area is 117 Å². The van der Waals surface area contributed by atoms with Gasteiger partial charge in [0.1, 0.15) is 11.7 Å². The van der Waals surface area contributed by atoms with E-state index in [1.807, 2.05) is 17.0 Å². The lowest BCUT2D eigenvalue weighted by Crippen LogP contribution is -2.51. The summed E-state index contributed by atoms with van der Waals surface area (Å²) < 4.78 is 0. The summed E-state index contributed by atoms with van der Waals surface area (Å²) in [7, 11) is 0. The molecule has 0 radical (unpaired) electrons. The van der Waals surface area contributed by atoms with Crippen molar-refractivity contribution >= 4 is 17.6 Å². The monoisotopic (exact) mass is 278 g/mol. The standard InChI is InChI=1S/C14H18N2O4/c1-10(14(19)20)13(18)16-8-6-15(7-9-16)11-4-2-3-5-12(11)17/h2-5,10,17H,6-9H2,1H3,(H,19,20). The first kappa shape index (κ1) is 14.2. The molecular formula is C14H18N2O4. The zero-order chi connectivity index (χ0) is 14.7. The Morgan fingerprint density at radius 1 is 1.15 bits per heavy atom. The van der Waals surface area contributed by atoms with E-state index in [0.29, 0.717) is 26.2 Å². The van der Waals surface area contributed by atoms with Crippen molar-refractivity contribution in [1.82, 2.24) is 4.90 Å². The molecule has 0 bridgehead atoms. The van der Waals surface area contributed by atoms with Gasteiger partial charge in [-0.3, -0.25) is 9.59 Å². The maximum Gasteiger partial charge on any atom is 0.315 e. The zero-order valence-corrected chi connectivity index (χ0v) is 11.3. The highest BCUT2D eigenvalue weighted by Gasteiger charge is 2.29. The van der Waals surface area contributed by atoms with Gasteiger partial charge in [0.05, 0.1) is 5.69 Å². The molecule has 1 aliphatic rings. The Morgan fingerprint density at radius 3 is 2.30 bits per heavy atom. The topological polar surface area (TPSA) is 81.1 Å². The van der Waals surface area contributed by atoms with E-state index in [4.69, 9.17) is 5.11 Å². The molecule has 20 heavy (non-hydrogen) atoms. The molecule has 1 atom stereocenters. The van der Waals surface area contributed by atoms with Gasteiger partial charge < -0.3 is 20.0 Å². The van der Waals surface area contributed by atoms with E-state index in [1.54, 1.807) is 17.0 Å². The number of aliphatic carboxylic acids is 1. The number of phenols is 1. The lowest BCUT2D eigenvalue weighted by Gasteiger charge is -2.36. The van der Waals surface area contributed by atoms with Gasteiger partial charge >= 0.3 is 5.97 Å². The van der Waals surface area contributed by atoms with Crippen LogP contribution in [-0.2, 0) is 9.59 Å². The van der Waals surface area contributed by atoms with Crippen LogP contribution in [-0.4, -0.2) is 53.2 Å². The third-order valence-electron chi connectivity index (χ3n) is 3.55. The minimum absolute atomic E-state index is 0.214. The number of carbonyl (C=O) groups excluding carboxylic acids is 1. The number of para-hydroxylation sites is 2. The second kappa shape index (κ2) is 5.81. The van der Waals surface area contributed by atoms with E-state index in [2.05, 4.69) is 0 Å². The van der Waals surface area contributed by atoms with Crippen LogP contribution in [0.5, 0.6) is 5.75 Å². The summed E-state index contributed by atoms with van der Waals surface area (Å²) in [4.78, 5) is 26.3. The van der Waals surface area contributed by atoms with Gasteiger partial charge in [0.25, 0.3) is 0 Å². The number of hydrogen-bond donors (Lipinski definition) is 2. The normalized spacial score (nSPS) is 16.9. The predicted molar refractivity (Wildman–Crippen MR) is 73.7 cm³/mol. The van der Waals surface area contributed by atoms with Crippen molar-refractivity contribution in [2.24, 2.45) is 5.92 Å². The Balaban J connectivity index is 1.98. The molecule has 1 fully saturated rings. The molecule has 6 nitrogen and oxygen atoms in total. The van der Waals surface area contributed by atoms with Gasteiger partial charge in [0.15, 0.2) is 0 Å². The third-order valence-corrected chi connectivity index (χ3v) is 3.55. The van der Waals surface area contributed by atoms with Gasteiger partial charge in [0, 0.05) is 26.2 Å². The fraction of sp³-hybridized carbons (Fsp3) is 0.429. The number of benzene rings is 1. The van der Waals surface area contributed by atoms with Gasteiger partial charge in [-0.05, 0) is 19.1 Å². The SMILES string of the molecule is CC(C(=O)O)C(=O)N1CCN(c2ccccc2O)CC1. The highest BCUT2D eigenvalue weighted by molar-refractivity contribution is 5.96. The van der Waals surface area contributed by atoms with Crippen molar-refractivity contribution < 1.29 is 19.8 Å². The van der Waals surface area contributed by atoms with Crippen molar-refractivity contribution in [2.45, 2.75) is 6.92 Å². The van der Waals surface area contributed by atoms with E-state index >= 15 is 0 Å². The van der Waals surface area contributed by atoms with Crippen molar-refractivity contribution in [3.05, 3.63) is 24.3 Å². The number of aromatic hydroxyl groups is 1. The maximum absolute atomic E-state index is 11.9. The van der Waals surface area contributed by atoms with Crippen LogP contribution < -0.4 is 4.90 Å². The Kier molecular flexibility index (Phi) is 4.12. The largest absolute Gasteiger partial charge is 0.506 e. The highest BCUT2D eigenvalue weighted by Crippen LogP contribution is 2.27. The number of amides is 1. The molecule has 108 valence electrons. The van der Waals surface area contributed by atoms with E-state index in [-0.39, 0.29) is 11.7 Å². The molecule has 1 heterocycles. The predicted octanol–water partition coefficient (Wildman–Crippen LogP) is 0.761. The zero-order valence-electron chi connectivity index (χ0n) is 11.3. The summed E-state index contributed by atoms with van der Waals surface area (Å²) >= 11 is 0. The molecule has 1 aliphatic heterocycles. The molecule has 1 aromatic carbocycles. The molecule has 1 amide bonds. The number of hydrogen-bond acceptors (Lipinski definition) is 4. The molecule has 0 spiro atoms. The fourth-order valence-corrected chi connectivity index (χ4v) is 2.28. The molecule has 0 saturated carbocycles. The smallest absolute Gasteiger partial charge is 0.315 e. The van der Waals surface area contributed by atoms with Crippen LogP contribution in [0.2, 0.25) is 0 Å². The number of carbonyl (C=O) groups is 2. The minimum Gasteiger partial charge on any atom is -0.506 e. The summed E-state index contributed by atoms with van der Waals surface area (Å²) in [5.74, 6) is -2.24. The quantitative estimate of drug-likeness (QED) is 0.798. The molecular weight excluding hydrogens is 260 g/mol. The van der Waals surface area contributed by atoms with Crippen LogP contribution in [0.4, 0.5) is 5.69 Å². The summed E-state index contributed by atoms with van der Waals surface area (Å²) in [6, 6.07) is 7.05. The number of carboxylic acids is 1. The molecule has 1 unspecified atom stereocenters. The first-order chi connectivity index (χ1) is 9.50. The molecule has 1 saturated heterocycles. The number of nitrogens with zero attached hydrogens (tertiary/aromatic N) is 2.